The highest BCUT2D eigenvalue weighted by Gasteiger charge is 2.13. The number of carbonyl (C=O) groups is 1. The van der Waals surface area contributed by atoms with Gasteiger partial charge in [0.25, 0.3) is 0 Å². The molecule has 0 spiro atoms. The Bertz CT molecular complexity index is 751. The summed E-state index contributed by atoms with van der Waals surface area (Å²) in [6.07, 6.45) is 1.51. The lowest BCUT2D eigenvalue weighted by Gasteiger charge is -2.26. The zero-order valence-corrected chi connectivity index (χ0v) is 15.4. The van der Waals surface area contributed by atoms with Gasteiger partial charge >= 0.3 is 5.97 Å². The molecule has 1 aliphatic rings. The number of carbonyl (C=O) groups excluding carboxylic acids is 1. The summed E-state index contributed by atoms with van der Waals surface area (Å²) < 4.78 is 10.4. The van der Waals surface area contributed by atoms with E-state index in [4.69, 9.17) is 9.47 Å². The van der Waals surface area contributed by atoms with Gasteiger partial charge in [0, 0.05) is 26.2 Å². The molecule has 0 amide bonds. The lowest BCUT2D eigenvalue weighted by Crippen LogP contribution is -2.39. The van der Waals surface area contributed by atoms with E-state index >= 15 is 0 Å². The Hall–Kier alpha value is -2.78. The molecule has 3 rings (SSSR count). The minimum Gasteiger partial charge on any atom is -0.462 e. The van der Waals surface area contributed by atoms with Gasteiger partial charge in [0.15, 0.2) is 5.82 Å². The fourth-order valence-electron chi connectivity index (χ4n) is 2.71. The summed E-state index contributed by atoms with van der Waals surface area (Å²) in [6.45, 7) is 7.12. The third-order valence-corrected chi connectivity index (χ3v) is 4.06. The van der Waals surface area contributed by atoms with Crippen molar-refractivity contribution in [2.24, 2.45) is 0 Å². The van der Waals surface area contributed by atoms with Crippen LogP contribution in [0.25, 0.3) is 0 Å². The first kappa shape index (κ1) is 19.0. The lowest BCUT2D eigenvalue weighted by atomic mass is 10.2. The molecule has 1 aromatic heterocycles. The highest BCUT2D eigenvalue weighted by atomic mass is 16.5. The van der Waals surface area contributed by atoms with Crippen molar-refractivity contribution >= 4 is 23.4 Å². The van der Waals surface area contributed by atoms with Gasteiger partial charge in [0.2, 0.25) is 5.95 Å². The number of para-hydroxylation sites is 1. The number of morpholine rings is 1. The highest BCUT2D eigenvalue weighted by Crippen LogP contribution is 2.20. The number of aromatic nitrogens is 3. The summed E-state index contributed by atoms with van der Waals surface area (Å²) in [5, 5.41) is 14.3. The molecule has 1 fully saturated rings. The molecular formula is C18H24N6O3. The zero-order valence-electron chi connectivity index (χ0n) is 15.4. The Morgan fingerprint density at radius 3 is 2.93 bits per heavy atom. The van der Waals surface area contributed by atoms with Crippen LogP contribution in [-0.2, 0) is 9.47 Å². The second kappa shape index (κ2) is 9.79. The van der Waals surface area contributed by atoms with E-state index in [2.05, 4.69) is 30.7 Å². The summed E-state index contributed by atoms with van der Waals surface area (Å²) in [5.41, 5.74) is 1.05. The third-order valence-electron chi connectivity index (χ3n) is 4.06. The molecule has 27 heavy (non-hydrogen) atoms. The molecule has 0 atom stereocenters. The topological polar surface area (TPSA) is 102 Å². The Kier molecular flexibility index (Phi) is 6.89. The van der Waals surface area contributed by atoms with E-state index in [9.17, 15) is 4.79 Å². The van der Waals surface area contributed by atoms with Gasteiger partial charge in [-0.25, -0.2) is 4.79 Å². The van der Waals surface area contributed by atoms with E-state index in [1.807, 2.05) is 6.07 Å². The van der Waals surface area contributed by atoms with Gasteiger partial charge in [0.05, 0.1) is 37.3 Å². The van der Waals surface area contributed by atoms with Crippen LogP contribution in [0, 0.1) is 0 Å². The maximum atomic E-state index is 12.1. The van der Waals surface area contributed by atoms with Crippen LogP contribution in [0.1, 0.15) is 17.3 Å². The van der Waals surface area contributed by atoms with Crippen LogP contribution in [0.2, 0.25) is 0 Å². The molecule has 2 heterocycles. The molecule has 9 nitrogen and oxygen atoms in total. The Morgan fingerprint density at radius 1 is 1.30 bits per heavy atom. The van der Waals surface area contributed by atoms with Crippen LogP contribution in [0.4, 0.5) is 17.5 Å². The monoisotopic (exact) mass is 372 g/mol. The van der Waals surface area contributed by atoms with Gasteiger partial charge in [0.1, 0.15) is 0 Å². The van der Waals surface area contributed by atoms with Gasteiger partial charge in [-0.2, -0.15) is 10.1 Å². The summed E-state index contributed by atoms with van der Waals surface area (Å²) in [4.78, 5) is 18.8. The Morgan fingerprint density at radius 2 is 2.11 bits per heavy atom. The quantitative estimate of drug-likeness (QED) is 0.668. The van der Waals surface area contributed by atoms with Crippen LogP contribution in [-0.4, -0.2) is 72.1 Å². The van der Waals surface area contributed by atoms with E-state index in [1.54, 1.807) is 25.1 Å². The van der Waals surface area contributed by atoms with Gasteiger partial charge in [-0.1, -0.05) is 12.1 Å². The van der Waals surface area contributed by atoms with Crippen molar-refractivity contribution in [3.63, 3.8) is 0 Å². The van der Waals surface area contributed by atoms with E-state index in [0.717, 1.165) is 32.8 Å². The van der Waals surface area contributed by atoms with Crippen LogP contribution >= 0.6 is 0 Å². The fraction of sp³-hybridized carbons (Fsp3) is 0.444. The molecule has 0 saturated carbocycles. The normalized spacial score (nSPS) is 14.6. The SMILES string of the molecule is CCOC(=O)c1ccccc1Nc1cnnc(NCCN2CCOCC2)n1. The lowest BCUT2D eigenvalue weighted by molar-refractivity contribution is 0.0398. The maximum Gasteiger partial charge on any atom is 0.340 e. The van der Waals surface area contributed by atoms with Crippen molar-refractivity contribution in [3.05, 3.63) is 36.0 Å². The molecule has 9 heteroatoms. The number of hydrogen-bond acceptors (Lipinski definition) is 9. The smallest absolute Gasteiger partial charge is 0.340 e. The van der Waals surface area contributed by atoms with E-state index < -0.39 is 0 Å². The number of esters is 1. The minimum atomic E-state index is -0.383. The molecule has 2 aromatic rings. The molecule has 1 aliphatic heterocycles. The molecule has 144 valence electrons. The average molecular weight is 372 g/mol. The van der Waals surface area contributed by atoms with E-state index in [-0.39, 0.29) is 5.97 Å². The first-order valence-electron chi connectivity index (χ1n) is 9.03. The number of benzene rings is 1. The second-order valence-corrected chi connectivity index (χ2v) is 5.94. The second-order valence-electron chi connectivity index (χ2n) is 5.94. The largest absolute Gasteiger partial charge is 0.462 e. The Balaban J connectivity index is 1.60. The number of anilines is 3. The summed E-state index contributed by atoms with van der Waals surface area (Å²) in [6, 6.07) is 7.12. The minimum absolute atomic E-state index is 0.319. The predicted octanol–water partition coefficient (Wildman–Crippen LogP) is 1.54. The summed E-state index contributed by atoms with van der Waals surface area (Å²) in [5.74, 6) is 0.545. The van der Waals surface area contributed by atoms with Crippen molar-refractivity contribution in [2.45, 2.75) is 6.92 Å². The molecule has 0 aliphatic carbocycles. The number of ether oxygens (including phenoxy) is 2. The number of hydrogen-bond donors (Lipinski definition) is 2. The molecule has 1 saturated heterocycles. The van der Waals surface area contributed by atoms with Crippen molar-refractivity contribution in [2.75, 3.05) is 56.6 Å². The highest BCUT2D eigenvalue weighted by molar-refractivity contribution is 5.96. The molecule has 0 radical (unpaired) electrons. The molecule has 1 aromatic carbocycles. The molecule has 0 bridgehead atoms. The Labute approximate surface area is 158 Å². The molecule has 0 unspecified atom stereocenters. The van der Waals surface area contributed by atoms with Crippen molar-refractivity contribution < 1.29 is 14.3 Å². The van der Waals surface area contributed by atoms with Crippen LogP contribution in [0.5, 0.6) is 0 Å². The molecule has 2 N–H and O–H groups in total. The first-order chi connectivity index (χ1) is 13.3. The third kappa shape index (κ3) is 5.60. The van der Waals surface area contributed by atoms with E-state index in [0.29, 0.717) is 36.2 Å². The number of nitrogens with one attached hydrogen (secondary N) is 2. The van der Waals surface area contributed by atoms with E-state index in [1.165, 1.54) is 6.20 Å². The van der Waals surface area contributed by atoms with Crippen LogP contribution in [0.15, 0.2) is 30.5 Å². The van der Waals surface area contributed by atoms with Crippen molar-refractivity contribution in [1.82, 2.24) is 20.1 Å². The standard InChI is InChI=1S/C18H24N6O3/c1-2-27-17(25)14-5-3-4-6-15(14)21-16-13-20-23-18(22-16)19-7-8-24-9-11-26-12-10-24/h3-6,13H,2,7-12H2,1H3,(H2,19,21,22,23). The number of nitrogens with zero attached hydrogens (tertiary/aromatic N) is 4. The zero-order chi connectivity index (χ0) is 18.9. The van der Waals surface area contributed by atoms with Gasteiger partial charge < -0.3 is 20.1 Å². The molecular weight excluding hydrogens is 348 g/mol. The van der Waals surface area contributed by atoms with Crippen LogP contribution in [0.3, 0.4) is 0 Å². The average Bonchev–Trinajstić information content (AvgIpc) is 2.70. The summed E-state index contributed by atoms with van der Waals surface area (Å²) in [7, 11) is 0. The first-order valence-corrected chi connectivity index (χ1v) is 9.03. The predicted molar refractivity (Wildman–Crippen MR) is 101 cm³/mol. The van der Waals surface area contributed by atoms with Gasteiger partial charge in [-0.3, -0.25) is 4.90 Å². The fourth-order valence-corrected chi connectivity index (χ4v) is 2.71. The van der Waals surface area contributed by atoms with Crippen LogP contribution < -0.4 is 10.6 Å². The summed E-state index contributed by atoms with van der Waals surface area (Å²) >= 11 is 0. The van der Waals surface area contributed by atoms with Crippen molar-refractivity contribution in [3.8, 4) is 0 Å². The number of rotatable bonds is 8. The van der Waals surface area contributed by atoms with Crippen molar-refractivity contribution in [1.29, 1.82) is 0 Å². The van der Waals surface area contributed by atoms with Gasteiger partial charge in [-0.15, -0.1) is 5.10 Å². The maximum absolute atomic E-state index is 12.1. The van der Waals surface area contributed by atoms with Gasteiger partial charge in [-0.05, 0) is 19.1 Å².